The highest BCUT2D eigenvalue weighted by molar-refractivity contribution is 7.89. The fourth-order valence-corrected chi connectivity index (χ4v) is 3.59. The molecule has 6 nitrogen and oxygen atoms in total. The Morgan fingerprint density at radius 2 is 2.25 bits per heavy atom. The maximum absolute atomic E-state index is 12.1. The van der Waals surface area contributed by atoms with Crippen molar-refractivity contribution in [2.45, 2.75) is 24.5 Å². The molecule has 1 unspecified atom stereocenters. The smallest absolute Gasteiger partial charge is 0.259 e. The topological polar surface area (TPSA) is 84.2 Å². The first-order valence-corrected chi connectivity index (χ1v) is 8.40. The van der Waals surface area contributed by atoms with Crippen molar-refractivity contribution in [1.82, 2.24) is 14.3 Å². The Balaban J connectivity index is 2.14. The van der Waals surface area contributed by atoms with Gasteiger partial charge in [-0.1, -0.05) is 0 Å². The predicted molar refractivity (Wildman–Crippen MR) is 77.0 cm³/mol. The summed E-state index contributed by atoms with van der Waals surface area (Å²) in [7, 11) is -2.00. The van der Waals surface area contributed by atoms with Gasteiger partial charge in [0.05, 0.1) is 0 Å². The van der Waals surface area contributed by atoms with E-state index < -0.39 is 15.6 Å². The van der Waals surface area contributed by atoms with E-state index in [9.17, 15) is 13.5 Å². The average molecular weight is 315 g/mol. The number of aliphatic hydroxyl groups is 1. The number of aromatic nitrogens is 2. The van der Waals surface area contributed by atoms with Crippen molar-refractivity contribution in [3.05, 3.63) is 34.4 Å². The molecule has 2 N–H and O–H groups in total. The molecule has 0 fully saturated rings. The van der Waals surface area contributed by atoms with Crippen LogP contribution in [0.3, 0.4) is 0 Å². The molecule has 20 heavy (non-hydrogen) atoms. The number of nitrogens with one attached hydrogen (secondary N) is 1. The van der Waals surface area contributed by atoms with E-state index in [-0.39, 0.29) is 11.6 Å². The Morgan fingerprint density at radius 1 is 1.55 bits per heavy atom. The zero-order valence-electron chi connectivity index (χ0n) is 11.5. The lowest BCUT2D eigenvalue weighted by Gasteiger charge is -2.22. The molecule has 0 bridgehead atoms. The fraction of sp³-hybridized carbons (Fsp3) is 0.417. The number of aryl methyl sites for hydroxylation is 2. The van der Waals surface area contributed by atoms with Crippen LogP contribution in [0.2, 0.25) is 0 Å². The van der Waals surface area contributed by atoms with Gasteiger partial charge >= 0.3 is 0 Å². The molecule has 2 rings (SSSR count). The zero-order valence-corrected chi connectivity index (χ0v) is 13.1. The van der Waals surface area contributed by atoms with Gasteiger partial charge < -0.3 is 9.67 Å². The summed E-state index contributed by atoms with van der Waals surface area (Å²) in [5.74, 6) is 0.606. The molecule has 2 aromatic rings. The van der Waals surface area contributed by atoms with E-state index in [1.54, 1.807) is 36.9 Å². The molecule has 0 saturated carbocycles. The number of hydrogen-bond acceptors (Lipinski definition) is 5. The van der Waals surface area contributed by atoms with Crippen LogP contribution in [0.25, 0.3) is 0 Å². The molecule has 1 atom stereocenters. The van der Waals surface area contributed by atoms with Gasteiger partial charge in [-0.3, -0.25) is 0 Å². The second-order valence-electron chi connectivity index (χ2n) is 4.85. The van der Waals surface area contributed by atoms with Gasteiger partial charge in [0.15, 0.2) is 5.03 Å². The summed E-state index contributed by atoms with van der Waals surface area (Å²) in [5.41, 5.74) is -0.570. The highest BCUT2D eigenvalue weighted by Crippen LogP contribution is 2.22. The highest BCUT2D eigenvalue weighted by Gasteiger charge is 2.27. The van der Waals surface area contributed by atoms with Gasteiger partial charge in [-0.25, -0.2) is 18.1 Å². The number of sulfonamides is 1. The summed E-state index contributed by atoms with van der Waals surface area (Å²) in [6.45, 7) is 3.18. The van der Waals surface area contributed by atoms with E-state index in [0.29, 0.717) is 11.4 Å². The molecule has 0 aliphatic rings. The molecular formula is C12H17N3O3S2. The predicted octanol–water partition coefficient (Wildman–Crippen LogP) is 0.976. The van der Waals surface area contributed by atoms with Gasteiger partial charge in [-0.15, -0.1) is 0 Å². The third-order valence-corrected chi connectivity index (χ3v) is 5.07. The molecule has 0 aliphatic heterocycles. The van der Waals surface area contributed by atoms with Gasteiger partial charge in [0.25, 0.3) is 10.0 Å². The first-order chi connectivity index (χ1) is 9.22. The maximum atomic E-state index is 12.1. The van der Waals surface area contributed by atoms with Gasteiger partial charge in [0, 0.05) is 19.8 Å². The van der Waals surface area contributed by atoms with Crippen LogP contribution in [0.1, 0.15) is 18.3 Å². The second-order valence-corrected chi connectivity index (χ2v) is 7.34. The van der Waals surface area contributed by atoms with Gasteiger partial charge in [0.1, 0.15) is 11.4 Å². The third kappa shape index (κ3) is 3.09. The van der Waals surface area contributed by atoms with Crippen molar-refractivity contribution >= 4 is 21.4 Å². The quantitative estimate of drug-likeness (QED) is 0.861. The fourth-order valence-electron chi connectivity index (χ4n) is 1.64. The standard InChI is InChI=1S/C12H17N3O3S2/c1-9-14-11(6-15(9)3)20(17,18)13-8-12(2,16)10-4-5-19-7-10/h4-7,13,16H,8H2,1-3H3. The van der Waals surface area contributed by atoms with Crippen LogP contribution in [-0.4, -0.2) is 29.6 Å². The van der Waals surface area contributed by atoms with Crippen molar-refractivity contribution in [3.63, 3.8) is 0 Å². The number of imidazole rings is 1. The first kappa shape index (κ1) is 15.2. The van der Waals surface area contributed by atoms with Gasteiger partial charge in [-0.2, -0.15) is 11.3 Å². The number of hydrogen-bond donors (Lipinski definition) is 2. The van der Waals surface area contributed by atoms with Crippen molar-refractivity contribution in [2.75, 3.05) is 6.54 Å². The van der Waals surface area contributed by atoms with Crippen LogP contribution >= 0.6 is 11.3 Å². The van der Waals surface area contributed by atoms with E-state index in [1.807, 2.05) is 5.38 Å². The second kappa shape index (κ2) is 5.28. The Morgan fingerprint density at radius 3 is 2.75 bits per heavy atom. The summed E-state index contributed by atoms with van der Waals surface area (Å²) in [6, 6.07) is 1.77. The first-order valence-electron chi connectivity index (χ1n) is 5.97. The molecule has 0 saturated heterocycles. The summed E-state index contributed by atoms with van der Waals surface area (Å²) in [5, 5.41) is 13.9. The lowest BCUT2D eigenvalue weighted by molar-refractivity contribution is 0.0632. The van der Waals surface area contributed by atoms with Gasteiger partial charge in [0.2, 0.25) is 0 Å². The largest absolute Gasteiger partial charge is 0.384 e. The lowest BCUT2D eigenvalue weighted by Crippen LogP contribution is -2.38. The Bertz CT molecular complexity index is 668. The highest BCUT2D eigenvalue weighted by atomic mass is 32.2. The summed E-state index contributed by atoms with van der Waals surface area (Å²) < 4.78 is 28.3. The van der Waals surface area contributed by atoms with Crippen molar-refractivity contribution in [1.29, 1.82) is 0 Å². The van der Waals surface area contributed by atoms with Crippen LogP contribution in [0.5, 0.6) is 0 Å². The van der Waals surface area contributed by atoms with Crippen molar-refractivity contribution in [3.8, 4) is 0 Å². The zero-order chi connectivity index (χ0) is 15.0. The Hall–Kier alpha value is -1.22. The molecule has 2 aromatic heterocycles. The van der Waals surface area contributed by atoms with Crippen molar-refractivity contribution < 1.29 is 13.5 Å². The van der Waals surface area contributed by atoms with E-state index in [1.165, 1.54) is 17.5 Å². The van der Waals surface area contributed by atoms with E-state index >= 15 is 0 Å². The van der Waals surface area contributed by atoms with Crippen LogP contribution in [0, 0.1) is 6.92 Å². The Labute approximate surface area is 122 Å². The minimum absolute atomic E-state index is 0.0429. The molecule has 0 aromatic carbocycles. The lowest BCUT2D eigenvalue weighted by atomic mass is 10.0. The SMILES string of the molecule is Cc1nc(S(=O)(=O)NCC(C)(O)c2ccsc2)cn1C. The molecule has 0 amide bonds. The molecule has 8 heteroatoms. The number of nitrogens with zero attached hydrogens (tertiary/aromatic N) is 2. The third-order valence-electron chi connectivity index (χ3n) is 3.11. The number of rotatable bonds is 5. The van der Waals surface area contributed by atoms with Crippen LogP contribution in [-0.2, 0) is 22.7 Å². The summed E-state index contributed by atoms with van der Waals surface area (Å²) >= 11 is 1.45. The summed E-state index contributed by atoms with van der Waals surface area (Å²) in [6.07, 6.45) is 1.44. The monoisotopic (exact) mass is 315 g/mol. The van der Waals surface area contributed by atoms with E-state index in [0.717, 1.165) is 0 Å². The normalized spacial score (nSPS) is 15.2. The summed E-state index contributed by atoms with van der Waals surface area (Å²) in [4.78, 5) is 3.98. The molecule has 2 heterocycles. The molecular weight excluding hydrogens is 298 g/mol. The maximum Gasteiger partial charge on any atom is 0.259 e. The molecule has 0 aliphatic carbocycles. The van der Waals surface area contributed by atoms with Crippen LogP contribution in [0.15, 0.2) is 28.0 Å². The molecule has 0 spiro atoms. The van der Waals surface area contributed by atoms with Gasteiger partial charge in [-0.05, 0) is 36.2 Å². The van der Waals surface area contributed by atoms with E-state index in [4.69, 9.17) is 0 Å². The average Bonchev–Trinajstić information content (AvgIpc) is 2.99. The molecule has 110 valence electrons. The Kier molecular flexibility index (Phi) is 4.01. The van der Waals surface area contributed by atoms with Crippen LogP contribution in [0.4, 0.5) is 0 Å². The number of thiophene rings is 1. The van der Waals surface area contributed by atoms with Crippen LogP contribution < -0.4 is 4.72 Å². The van der Waals surface area contributed by atoms with E-state index in [2.05, 4.69) is 9.71 Å². The minimum Gasteiger partial charge on any atom is -0.384 e. The minimum atomic E-state index is -3.72. The van der Waals surface area contributed by atoms with Crippen molar-refractivity contribution in [2.24, 2.45) is 7.05 Å². The molecule has 0 radical (unpaired) electrons.